The zero-order chi connectivity index (χ0) is 17.1. The molecular weight excluding hydrogens is 312 g/mol. The summed E-state index contributed by atoms with van der Waals surface area (Å²) in [7, 11) is 0. The van der Waals surface area contributed by atoms with Crippen molar-refractivity contribution in [1.29, 1.82) is 0 Å². The Morgan fingerprint density at radius 2 is 1.96 bits per heavy atom. The molecule has 1 rings (SSSR count). The monoisotopic (exact) mass is 336 g/mol. The number of benzene rings is 1. The first kappa shape index (κ1) is 18.9. The van der Waals surface area contributed by atoms with E-state index in [0.29, 0.717) is 25.9 Å². The molecule has 1 amide bonds. The number of hydrogen-bond donors (Lipinski definition) is 3. The first-order chi connectivity index (χ1) is 11.0. The molecule has 0 unspecified atom stereocenters. The second kappa shape index (κ2) is 10.6. The Hall–Kier alpha value is -2.15. The Balaban J connectivity index is 2.65. The van der Waals surface area contributed by atoms with Gasteiger partial charge >= 0.3 is 6.09 Å². The van der Waals surface area contributed by atoms with E-state index in [0.717, 1.165) is 24.1 Å². The first-order valence-corrected chi connectivity index (χ1v) is 8.10. The van der Waals surface area contributed by atoms with Gasteiger partial charge < -0.3 is 15.7 Å². The number of amides is 1. The molecule has 23 heavy (non-hydrogen) atoms. The van der Waals surface area contributed by atoms with Gasteiger partial charge in [-0.05, 0) is 37.0 Å². The number of carboxylic acid groups (broad SMARTS) is 1. The van der Waals surface area contributed by atoms with E-state index in [1.165, 1.54) is 4.90 Å². The standard InChI is InChI=1S/C16H24N4O2S/c1-2-3-11-20(16(21)22)12-7-10-14(18-19-15(17)23)13-8-5-4-6-9-13/h4-6,8-9H,2-3,7,10-12H2,1H3,(H,21,22)(H3,17,19,23)/b18-14-. The summed E-state index contributed by atoms with van der Waals surface area (Å²) in [6, 6.07) is 9.68. The predicted molar refractivity (Wildman–Crippen MR) is 96.6 cm³/mol. The molecule has 0 aromatic heterocycles. The number of nitrogens with two attached hydrogens (primary N) is 1. The third-order valence-electron chi connectivity index (χ3n) is 3.30. The summed E-state index contributed by atoms with van der Waals surface area (Å²) < 4.78 is 0. The van der Waals surface area contributed by atoms with Crippen LogP contribution in [0.25, 0.3) is 0 Å². The molecule has 0 atom stereocenters. The quantitative estimate of drug-likeness (QED) is 0.366. The molecule has 0 spiro atoms. The molecule has 0 bridgehead atoms. The zero-order valence-corrected chi connectivity index (χ0v) is 14.2. The average Bonchev–Trinajstić information content (AvgIpc) is 2.53. The molecule has 0 aliphatic rings. The highest BCUT2D eigenvalue weighted by molar-refractivity contribution is 7.80. The molecule has 0 fully saturated rings. The summed E-state index contributed by atoms with van der Waals surface area (Å²) >= 11 is 4.77. The van der Waals surface area contributed by atoms with Crippen LogP contribution in [0.4, 0.5) is 4.79 Å². The second-order valence-electron chi connectivity index (χ2n) is 5.13. The van der Waals surface area contributed by atoms with Gasteiger partial charge in [0.2, 0.25) is 0 Å². The van der Waals surface area contributed by atoms with Crippen LogP contribution in [0.15, 0.2) is 35.4 Å². The number of carbonyl (C=O) groups is 1. The lowest BCUT2D eigenvalue weighted by atomic mass is 10.1. The van der Waals surface area contributed by atoms with Gasteiger partial charge in [-0.15, -0.1) is 0 Å². The van der Waals surface area contributed by atoms with Crippen LogP contribution >= 0.6 is 12.2 Å². The van der Waals surface area contributed by atoms with Gasteiger partial charge in [0.05, 0.1) is 5.71 Å². The largest absolute Gasteiger partial charge is 0.465 e. The molecule has 1 aromatic rings. The maximum Gasteiger partial charge on any atom is 0.407 e. The van der Waals surface area contributed by atoms with Crippen molar-refractivity contribution in [3.05, 3.63) is 35.9 Å². The van der Waals surface area contributed by atoms with Crippen LogP contribution in [-0.2, 0) is 0 Å². The van der Waals surface area contributed by atoms with Crippen LogP contribution in [0.1, 0.15) is 38.2 Å². The number of unbranched alkanes of at least 4 members (excludes halogenated alkanes) is 1. The molecule has 6 nitrogen and oxygen atoms in total. The van der Waals surface area contributed by atoms with Gasteiger partial charge in [-0.1, -0.05) is 43.7 Å². The summed E-state index contributed by atoms with van der Waals surface area (Å²) in [4.78, 5) is 12.7. The number of nitrogens with zero attached hydrogens (tertiary/aromatic N) is 2. The summed E-state index contributed by atoms with van der Waals surface area (Å²) in [5, 5.41) is 13.5. The minimum Gasteiger partial charge on any atom is -0.465 e. The Kier molecular flexibility index (Phi) is 8.67. The highest BCUT2D eigenvalue weighted by Crippen LogP contribution is 2.08. The van der Waals surface area contributed by atoms with Crippen molar-refractivity contribution >= 4 is 29.1 Å². The maximum absolute atomic E-state index is 11.2. The van der Waals surface area contributed by atoms with E-state index in [1.54, 1.807) is 0 Å². The van der Waals surface area contributed by atoms with Crippen molar-refractivity contribution in [2.75, 3.05) is 13.1 Å². The number of thiocarbonyl (C=S) groups is 1. The average molecular weight is 336 g/mol. The number of hydrogen-bond acceptors (Lipinski definition) is 3. The smallest absolute Gasteiger partial charge is 0.407 e. The lowest BCUT2D eigenvalue weighted by molar-refractivity contribution is 0.144. The SMILES string of the molecule is CCCCN(CCC/C(=N/NC(N)=S)c1ccccc1)C(=O)O. The molecule has 0 heterocycles. The van der Waals surface area contributed by atoms with Crippen molar-refractivity contribution in [1.82, 2.24) is 10.3 Å². The van der Waals surface area contributed by atoms with E-state index in [2.05, 4.69) is 10.5 Å². The van der Waals surface area contributed by atoms with Gasteiger partial charge in [-0.3, -0.25) is 5.43 Å². The van der Waals surface area contributed by atoms with Crippen LogP contribution in [0.3, 0.4) is 0 Å². The molecule has 0 radical (unpaired) electrons. The third kappa shape index (κ3) is 7.60. The fourth-order valence-corrected chi connectivity index (χ4v) is 2.15. The molecule has 0 aliphatic heterocycles. The molecular formula is C16H24N4O2S. The summed E-state index contributed by atoms with van der Waals surface area (Å²) in [6.45, 7) is 3.09. The number of hydrazone groups is 1. The number of nitrogens with one attached hydrogen (secondary N) is 1. The Morgan fingerprint density at radius 1 is 1.30 bits per heavy atom. The molecule has 4 N–H and O–H groups in total. The summed E-state index contributed by atoms with van der Waals surface area (Å²) in [5.41, 5.74) is 9.79. The predicted octanol–water partition coefficient (Wildman–Crippen LogP) is 2.78. The van der Waals surface area contributed by atoms with Gasteiger partial charge in [0.1, 0.15) is 0 Å². The highest BCUT2D eigenvalue weighted by Gasteiger charge is 2.11. The first-order valence-electron chi connectivity index (χ1n) is 7.70. The van der Waals surface area contributed by atoms with Crippen molar-refractivity contribution < 1.29 is 9.90 Å². The summed E-state index contributed by atoms with van der Waals surface area (Å²) in [6.07, 6.45) is 2.28. The normalized spacial score (nSPS) is 11.1. The minimum atomic E-state index is -0.877. The van der Waals surface area contributed by atoms with Crippen LogP contribution in [0, 0.1) is 0 Å². The summed E-state index contributed by atoms with van der Waals surface area (Å²) in [5.74, 6) is 0. The lowest BCUT2D eigenvalue weighted by Crippen LogP contribution is -2.32. The van der Waals surface area contributed by atoms with E-state index in [1.807, 2.05) is 37.3 Å². The second-order valence-corrected chi connectivity index (χ2v) is 5.57. The molecule has 0 saturated carbocycles. The van der Waals surface area contributed by atoms with Crippen LogP contribution in [-0.4, -0.2) is 40.0 Å². The van der Waals surface area contributed by atoms with Crippen LogP contribution < -0.4 is 11.2 Å². The van der Waals surface area contributed by atoms with E-state index >= 15 is 0 Å². The van der Waals surface area contributed by atoms with Gasteiger partial charge in [0, 0.05) is 13.1 Å². The molecule has 126 valence electrons. The number of rotatable bonds is 9. The van der Waals surface area contributed by atoms with Gasteiger partial charge in [0.25, 0.3) is 0 Å². The molecule has 7 heteroatoms. The fourth-order valence-electron chi connectivity index (χ4n) is 2.11. The van der Waals surface area contributed by atoms with E-state index in [4.69, 9.17) is 18.0 Å². The Morgan fingerprint density at radius 3 is 2.52 bits per heavy atom. The maximum atomic E-state index is 11.2. The van der Waals surface area contributed by atoms with Crippen LogP contribution in [0.5, 0.6) is 0 Å². The Bertz CT molecular complexity index is 534. The minimum absolute atomic E-state index is 0.105. The van der Waals surface area contributed by atoms with Gasteiger partial charge in [-0.25, -0.2) is 4.79 Å². The zero-order valence-electron chi connectivity index (χ0n) is 13.4. The van der Waals surface area contributed by atoms with Crippen LogP contribution in [0.2, 0.25) is 0 Å². The van der Waals surface area contributed by atoms with E-state index < -0.39 is 6.09 Å². The van der Waals surface area contributed by atoms with Crippen molar-refractivity contribution in [2.45, 2.75) is 32.6 Å². The van der Waals surface area contributed by atoms with E-state index in [-0.39, 0.29) is 5.11 Å². The lowest BCUT2D eigenvalue weighted by Gasteiger charge is -2.19. The third-order valence-corrected chi connectivity index (χ3v) is 3.39. The van der Waals surface area contributed by atoms with E-state index in [9.17, 15) is 9.90 Å². The van der Waals surface area contributed by atoms with Crippen molar-refractivity contribution in [3.63, 3.8) is 0 Å². The molecule has 0 aliphatic carbocycles. The molecule has 1 aromatic carbocycles. The highest BCUT2D eigenvalue weighted by atomic mass is 32.1. The van der Waals surface area contributed by atoms with Crippen molar-refractivity contribution in [2.24, 2.45) is 10.8 Å². The van der Waals surface area contributed by atoms with Gasteiger partial charge in [0.15, 0.2) is 5.11 Å². The van der Waals surface area contributed by atoms with Gasteiger partial charge in [-0.2, -0.15) is 5.10 Å². The Labute approximate surface area is 142 Å². The van der Waals surface area contributed by atoms with Crippen molar-refractivity contribution in [3.8, 4) is 0 Å². The molecule has 0 saturated heterocycles. The topological polar surface area (TPSA) is 91.0 Å². The fraction of sp³-hybridized carbons (Fsp3) is 0.438.